The maximum absolute atomic E-state index is 13.9. The fourth-order valence-electron chi connectivity index (χ4n) is 8.44. The first-order valence-electron chi connectivity index (χ1n) is 19.4. The lowest BCUT2D eigenvalue weighted by Gasteiger charge is -2.39. The molecular formula is C43H45ClN6O7S. The Hall–Kier alpha value is -5.28. The van der Waals surface area contributed by atoms with E-state index < -0.39 is 25.7 Å². The molecule has 1 amide bonds. The van der Waals surface area contributed by atoms with Gasteiger partial charge in [-0.3, -0.25) is 19.8 Å². The van der Waals surface area contributed by atoms with Crippen LogP contribution in [-0.4, -0.2) is 78.6 Å². The van der Waals surface area contributed by atoms with E-state index in [-0.39, 0.29) is 47.8 Å². The number of ether oxygens (including phenoxy) is 1. The second-order valence-electron chi connectivity index (χ2n) is 16.3. The Labute approximate surface area is 341 Å². The molecule has 5 aromatic rings. The molecule has 0 bridgehead atoms. The molecule has 3 heterocycles. The van der Waals surface area contributed by atoms with Gasteiger partial charge in [-0.1, -0.05) is 43.2 Å². The summed E-state index contributed by atoms with van der Waals surface area (Å²) in [4.78, 5) is 36.9. The van der Waals surface area contributed by atoms with E-state index in [0.29, 0.717) is 22.5 Å². The van der Waals surface area contributed by atoms with Crippen molar-refractivity contribution in [3.63, 3.8) is 0 Å². The Bertz CT molecular complexity index is 2550. The number of H-pyrrole nitrogens is 1. The number of hydrogen-bond donors (Lipinski definition) is 3. The van der Waals surface area contributed by atoms with Crippen molar-refractivity contribution in [2.75, 3.05) is 44.2 Å². The van der Waals surface area contributed by atoms with E-state index in [2.05, 4.69) is 50.5 Å². The monoisotopic (exact) mass is 824 g/mol. The van der Waals surface area contributed by atoms with Crippen LogP contribution in [0.4, 0.5) is 11.4 Å². The Kier molecular flexibility index (Phi) is 10.8. The summed E-state index contributed by atoms with van der Waals surface area (Å²) in [6.45, 7) is 8.43. The van der Waals surface area contributed by atoms with Gasteiger partial charge >= 0.3 is 0 Å². The molecule has 0 unspecified atom stereocenters. The third-order valence-electron chi connectivity index (χ3n) is 11.6. The molecule has 2 aliphatic carbocycles. The number of rotatable bonds is 11. The van der Waals surface area contributed by atoms with Gasteiger partial charge in [0, 0.05) is 79.3 Å². The highest BCUT2D eigenvalue weighted by Crippen LogP contribution is 2.44. The SMILES string of the molecule is CC1(C)CCC(CN2CCN(c3ccc(C(=O)NS(=O)(=O)c4cc5c(c([N+](=O)[O-])c4)C[C@H](CO)C5)c(Oc4cnc5[nH]ccc5c4)c3)CC2)=C(c2ccc(Cl)cc2)C1. The van der Waals surface area contributed by atoms with Gasteiger partial charge in [0.1, 0.15) is 17.1 Å². The van der Waals surface area contributed by atoms with Crippen LogP contribution < -0.4 is 14.4 Å². The van der Waals surface area contributed by atoms with Crippen molar-refractivity contribution < 1.29 is 28.0 Å². The van der Waals surface area contributed by atoms with Crippen LogP contribution >= 0.6 is 11.6 Å². The van der Waals surface area contributed by atoms with Gasteiger partial charge in [-0.25, -0.2) is 18.1 Å². The zero-order chi connectivity index (χ0) is 40.8. The number of halogens is 1. The molecule has 3 aliphatic rings. The molecule has 0 radical (unpaired) electrons. The maximum atomic E-state index is 13.9. The van der Waals surface area contributed by atoms with Crippen molar-refractivity contribution >= 4 is 55.5 Å². The summed E-state index contributed by atoms with van der Waals surface area (Å²) >= 11 is 6.23. The smallest absolute Gasteiger partial charge is 0.274 e. The number of pyridine rings is 1. The number of carbonyl (C=O) groups excluding carboxylic acids is 1. The number of aliphatic hydroxyl groups excluding tert-OH is 1. The molecule has 0 saturated carbocycles. The number of aromatic nitrogens is 2. The van der Waals surface area contributed by atoms with E-state index >= 15 is 0 Å². The lowest BCUT2D eigenvalue weighted by atomic mass is 9.72. The molecule has 13 nitrogen and oxygen atoms in total. The van der Waals surface area contributed by atoms with E-state index in [1.807, 2.05) is 18.2 Å². The van der Waals surface area contributed by atoms with Crippen molar-refractivity contribution in [2.45, 2.75) is 50.8 Å². The van der Waals surface area contributed by atoms with Crippen LogP contribution in [0.2, 0.25) is 5.02 Å². The first kappa shape index (κ1) is 39.5. The summed E-state index contributed by atoms with van der Waals surface area (Å²) < 4.78 is 35.8. The number of nitrogens with zero attached hydrogens (tertiary/aromatic N) is 4. The fourth-order valence-corrected chi connectivity index (χ4v) is 9.60. The number of nitro groups is 1. The van der Waals surface area contributed by atoms with E-state index in [4.69, 9.17) is 16.3 Å². The van der Waals surface area contributed by atoms with Crippen molar-refractivity contribution in [2.24, 2.45) is 11.3 Å². The predicted molar refractivity (Wildman–Crippen MR) is 223 cm³/mol. The predicted octanol–water partition coefficient (Wildman–Crippen LogP) is 7.53. The second kappa shape index (κ2) is 15.8. The van der Waals surface area contributed by atoms with Gasteiger partial charge in [0.25, 0.3) is 21.6 Å². The van der Waals surface area contributed by atoms with Crippen LogP contribution in [0.5, 0.6) is 11.5 Å². The number of nitro benzene ring substituents is 1. The average molecular weight is 825 g/mol. The number of nitrogens with one attached hydrogen (secondary N) is 2. The second-order valence-corrected chi connectivity index (χ2v) is 18.4. The largest absolute Gasteiger partial charge is 0.455 e. The molecule has 1 saturated heterocycles. The van der Waals surface area contributed by atoms with Crippen LogP contribution in [0, 0.1) is 21.4 Å². The number of aliphatic hydroxyl groups is 1. The van der Waals surface area contributed by atoms with Crippen molar-refractivity contribution in [1.29, 1.82) is 0 Å². The number of anilines is 1. The van der Waals surface area contributed by atoms with Crippen LogP contribution in [-0.2, 0) is 22.9 Å². The molecule has 2 aromatic heterocycles. The Balaban J connectivity index is 1.03. The number of hydrogen-bond acceptors (Lipinski definition) is 10. The quantitative estimate of drug-likeness (QED) is 0.0894. The summed E-state index contributed by atoms with van der Waals surface area (Å²) in [5.41, 5.74) is 6.24. The number of fused-ring (bicyclic) bond motifs is 2. The summed E-state index contributed by atoms with van der Waals surface area (Å²) in [6, 6.07) is 19.1. The van der Waals surface area contributed by atoms with Gasteiger partial charge in [-0.05, 0) is 103 Å². The molecule has 8 rings (SSSR count). The Morgan fingerprint density at radius 1 is 1.07 bits per heavy atom. The lowest BCUT2D eigenvalue weighted by Crippen LogP contribution is -2.47. The number of carbonyl (C=O) groups is 1. The number of sulfonamides is 1. The van der Waals surface area contributed by atoms with E-state index in [1.54, 1.807) is 24.4 Å². The number of amides is 1. The van der Waals surface area contributed by atoms with Crippen LogP contribution in [0.15, 0.2) is 89.6 Å². The van der Waals surface area contributed by atoms with Gasteiger partial charge in [-0.15, -0.1) is 0 Å². The molecule has 1 aliphatic heterocycles. The molecular weight excluding hydrogens is 780 g/mol. The Morgan fingerprint density at radius 2 is 1.84 bits per heavy atom. The highest BCUT2D eigenvalue weighted by Gasteiger charge is 2.33. The lowest BCUT2D eigenvalue weighted by molar-refractivity contribution is -0.385. The first-order chi connectivity index (χ1) is 27.7. The summed E-state index contributed by atoms with van der Waals surface area (Å²) in [5.74, 6) is -0.743. The summed E-state index contributed by atoms with van der Waals surface area (Å²) in [6.07, 6.45) is 7.02. The van der Waals surface area contributed by atoms with E-state index in [0.717, 1.165) is 74.1 Å². The third-order valence-corrected chi connectivity index (χ3v) is 13.2. The minimum atomic E-state index is -4.56. The molecule has 15 heteroatoms. The summed E-state index contributed by atoms with van der Waals surface area (Å²) in [5, 5.41) is 23.1. The molecule has 3 aromatic carbocycles. The number of aromatic amines is 1. The van der Waals surface area contributed by atoms with Gasteiger partial charge in [0.2, 0.25) is 0 Å². The van der Waals surface area contributed by atoms with Crippen molar-refractivity contribution in [1.82, 2.24) is 19.6 Å². The molecule has 3 N–H and O–H groups in total. The third kappa shape index (κ3) is 8.33. The van der Waals surface area contributed by atoms with Crippen molar-refractivity contribution in [3.05, 3.63) is 122 Å². The maximum Gasteiger partial charge on any atom is 0.274 e. The zero-order valence-electron chi connectivity index (χ0n) is 32.3. The van der Waals surface area contributed by atoms with Crippen molar-refractivity contribution in [3.8, 4) is 11.5 Å². The molecule has 1 atom stereocenters. The first-order valence-corrected chi connectivity index (χ1v) is 21.3. The normalized spacial score (nSPS) is 18.3. The van der Waals surface area contributed by atoms with Crippen LogP contribution in [0.25, 0.3) is 16.6 Å². The van der Waals surface area contributed by atoms with Gasteiger partial charge in [0.15, 0.2) is 0 Å². The minimum Gasteiger partial charge on any atom is -0.455 e. The Morgan fingerprint density at radius 3 is 2.59 bits per heavy atom. The van der Waals surface area contributed by atoms with Gasteiger partial charge in [-0.2, -0.15) is 0 Å². The number of benzene rings is 3. The van der Waals surface area contributed by atoms with Gasteiger partial charge in [0.05, 0.1) is 21.6 Å². The highest BCUT2D eigenvalue weighted by molar-refractivity contribution is 7.90. The molecule has 58 heavy (non-hydrogen) atoms. The zero-order valence-corrected chi connectivity index (χ0v) is 33.9. The molecule has 0 spiro atoms. The van der Waals surface area contributed by atoms with Gasteiger partial charge < -0.3 is 19.7 Å². The standard InChI is InChI=1S/C43H45ClN6O7S/c1-43(2)11-9-30(38(23-43)28-3-5-32(44)6-4-28)25-48-13-15-49(16-14-48)33-7-8-36(40(21-33)57-34-19-29-10-12-45-41(29)46-24-34)42(52)47-58(55,56)35-20-31-17-27(26-51)18-37(31)39(22-35)50(53)54/h3-8,10,12,19-22,24,27,51H,9,11,13-18,23,25-26H2,1-2H3,(H,45,46)(H,47,52)/t27-/m1/s1. The number of allylic oxidation sites excluding steroid dienone is 1. The highest BCUT2D eigenvalue weighted by atomic mass is 35.5. The van der Waals surface area contributed by atoms with Crippen LogP contribution in [0.3, 0.4) is 0 Å². The molecule has 1 fully saturated rings. The van der Waals surface area contributed by atoms with E-state index in [1.165, 1.54) is 35.0 Å². The van der Waals surface area contributed by atoms with E-state index in [9.17, 15) is 28.4 Å². The topological polar surface area (TPSA) is 171 Å². The van der Waals surface area contributed by atoms with Crippen LogP contribution in [0.1, 0.15) is 60.2 Å². The summed E-state index contributed by atoms with van der Waals surface area (Å²) in [7, 11) is -4.56. The molecule has 302 valence electrons. The fraction of sp³-hybridized carbons (Fsp3) is 0.349. The number of piperazine rings is 1. The minimum absolute atomic E-state index is 0.0435. The average Bonchev–Trinajstić information content (AvgIpc) is 3.85.